The fourth-order valence-corrected chi connectivity index (χ4v) is 2.68. The number of hydrogen-bond acceptors (Lipinski definition) is 4. The number of nitrogens with zero attached hydrogens (tertiary/aromatic N) is 3. The number of para-hydroxylation sites is 1. The summed E-state index contributed by atoms with van der Waals surface area (Å²) in [6.45, 7) is 0.623. The number of carbonyl (C=O) groups is 1. The Morgan fingerprint density at radius 2 is 1.88 bits per heavy atom. The Hall–Kier alpha value is -2.92. The first-order chi connectivity index (χ1) is 12.6. The highest BCUT2D eigenvalue weighted by molar-refractivity contribution is 6.33. The average molecular weight is 367 g/mol. The lowest BCUT2D eigenvalue weighted by atomic mass is 10.2. The van der Waals surface area contributed by atoms with Crippen molar-refractivity contribution in [1.29, 1.82) is 0 Å². The van der Waals surface area contributed by atoms with Crippen LogP contribution in [0.1, 0.15) is 15.9 Å². The number of pyridine rings is 2. The fourth-order valence-electron chi connectivity index (χ4n) is 2.50. The minimum Gasteiger partial charge on any atom is -0.341 e. The van der Waals surface area contributed by atoms with Crippen molar-refractivity contribution in [3.05, 3.63) is 83.3 Å². The molecule has 5 nitrogen and oxygen atoms in total. The monoisotopic (exact) mass is 366 g/mol. The van der Waals surface area contributed by atoms with Crippen molar-refractivity contribution in [3.8, 4) is 0 Å². The minimum atomic E-state index is -0.0522. The molecular weight excluding hydrogens is 348 g/mol. The third kappa shape index (κ3) is 4.58. The van der Waals surface area contributed by atoms with Gasteiger partial charge in [-0.3, -0.25) is 9.78 Å². The van der Waals surface area contributed by atoms with Crippen LogP contribution in [0.2, 0.25) is 5.02 Å². The molecule has 0 saturated heterocycles. The second-order valence-corrected chi connectivity index (χ2v) is 6.27. The predicted octanol–water partition coefficient (Wildman–Crippen LogP) is 4.19. The molecule has 0 saturated carbocycles. The number of benzene rings is 1. The van der Waals surface area contributed by atoms with Gasteiger partial charge in [-0.25, -0.2) is 4.98 Å². The van der Waals surface area contributed by atoms with Gasteiger partial charge in [-0.1, -0.05) is 23.7 Å². The number of carbonyl (C=O) groups excluding carboxylic acids is 1. The molecule has 0 spiro atoms. The molecule has 0 radical (unpaired) electrons. The molecule has 1 amide bonds. The molecule has 1 aromatic carbocycles. The number of aromatic nitrogens is 2. The molecule has 26 heavy (non-hydrogen) atoms. The van der Waals surface area contributed by atoms with Gasteiger partial charge in [0.15, 0.2) is 0 Å². The second-order valence-electron chi connectivity index (χ2n) is 5.87. The summed E-state index contributed by atoms with van der Waals surface area (Å²) in [4.78, 5) is 22.6. The van der Waals surface area contributed by atoms with Crippen LogP contribution in [-0.4, -0.2) is 34.4 Å². The minimum absolute atomic E-state index is 0.0522. The highest BCUT2D eigenvalue weighted by Gasteiger charge is 2.13. The summed E-state index contributed by atoms with van der Waals surface area (Å²) in [5.74, 6) is 0.523. The van der Waals surface area contributed by atoms with E-state index in [-0.39, 0.29) is 5.91 Å². The van der Waals surface area contributed by atoms with Crippen molar-refractivity contribution in [3.63, 3.8) is 0 Å². The summed E-state index contributed by atoms with van der Waals surface area (Å²) in [5, 5.41) is 3.74. The van der Waals surface area contributed by atoms with Gasteiger partial charge in [-0.05, 0) is 48.4 Å². The van der Waals surface area contributed by atoms with Crippen molar-refractivity contribution >= 4 is 29.0 Å². The molecule has 3 aromatic rings. The van der Waals surface area contributed by atoms with E-state index in [9.17, 15) is 4.79 Å². The van der Waals surface area contributed by atoms with Crippen molar-refractivity contribution in [2.75, 3.05) is 18.9 Å². The van der Waals surface area contributed by atoms with E-state index in [1.54, 1.807) is 48.7 Å². The maximum Gasteiger partial charge on any atom is 0.253 e. The van der Waals surface area contributed by atoms with Crippen LogP contribution in [0.5, 0.6) is 0 Å². The summed E-state index contributed by atoms with van der Waals surface area (Å²) in [6, 6.07) is 14.8. The van der Waals surface area contributed by atoms with Gasteiger partial charge in [0, 0.05) is 37.7 Å². The average Bonchev–Trinajstić information content (AvgIpc) is 2.68. The molecule has 2 heterocycles. The number of halogens is 1. The van der Waals surface area contributed by atoms with Crippen LogP contribution in [-0.2, 0) is 6.42 Å². The Bertz CT molecular complexity index is 886. The van der Waals surface area contributed by atoms with E-state index in [4.69, 9.17) is 11.6 Å². The number of nitrogens with one attached hydrogen (secondary N) is 1. The number of rotatable bonds is 6. The highest BCUT2D eigenvalue weighted by atomic mass is 35.5. The molecule has 3 rings (SSSR count). The molecule has 6 heteroatoms. The van der Waals surface area contributed by atoms with E-state index in [1.807, 2.05) is 30.3 Å². The first kappa shape index (κ1) is 17.9. The predicted molar refractivity (Wildman–Crippen MR) is 104 cm³/mol. The molecule has 0 unspecified atom stereocenters. The van der Waals surface area contributed by atoms with E-state index >= 15 is 0 Å². The Balaban J connectivity index is 1.66. The Morgan fingerprint density at radius 3 is 2.65 bits per heavy atom. The number of amides is 1. The van der Waals surface area contributed by atoms with Crippen LogP contribution in [0.4, 0.5) is 11.5 Å². The van der Waals surface area contributed by atoms with Gasteiger partial charge in [0.2, 0.25) is 0 Å². The highest BCUT2D eigenvalue weighted by Crippen LogP contribution is 2.24. The molecule has 2 aromatic heterocycles. The van der Waals surface area contributed by atoms with Crippen molar-refractivity contribution in [2.45, 2.75) is 6.42 Å². The first-order valence-electron chi connectivity index (χ1n) is 8.25. The summed E-state index contributed by atoms with van der Waals surface area (Å²) in [7, 11) is 1.80. The topological polar surface area (TPSA) is 58.1 Å². The van der Waals surface area contributed by atoms with Crippen LogP contribution < -0.4 is 5.32 Å². The van der Waals surface area contributed by atoms with E-state index in [0.717, 1.165) is 17.7 Å². The molecule has 0 bridgehead atoms. The maximum absolute atomic E-state index is 12.7. The Morgan fingerprint density at radius 1 is 1.12 bits per heavy atom. The summed E-state index contributed by atoms with van der Waals surface area (Å²) < 4.78 is 0. The largest absolute Gasteiger partial charge is 0.341 e. The lowest BCUT2D eigenvalue weighted by Crippen LogP contribution is -2.28. The van der Waals surface area contributed by atoms with Crippen molar-refractivity contribution in [1.82, 2.24) is 14.9 Å². The van der Waals surface area contributed by atoms with Gasteiger partial charge in [0.1, 0.15) is 5.82 Å². The lowest BCUT2D eigenvalue weighted by Gasteiger charge is -2.17. The maximum atomic E-state index is 12.7. The quantitative estimate of drug-likeness (QED) is 0.710. The summed E-state index contributed by atoms with van der Waals surface area (Å²) in [6.07, 6.45) is 5.91. The van der Waals surface area contributed by atoms with Gasteiger partial charge in [-0.15, -0.1) is 0 Å². The molecule has 0 fully saturated rings. The molecule has 0 atom stereocenters. The van der Waals surface area contributed by atoms with E-state index in [1.165, 1.54) is 0 Å². The van der Waals surface area contributed by atoms with E-state index in [2.05, 4.69) is 15.3 Å². The van der Waals surface area contributed by atoms with Crippen molar-refractivity contribution < 1.29 is 4.79 Å². The molecular formula is C20H19ClN4O. The van der Waals surface area contributed by atoms with Crippen LogP contribution in [0.15, 0.2) is 67.1 Å². The van der Waals surface area contributed by atoms with Crippen LogP contribution in [0.25, 0.3) is 0 Å². The van der Waals surface area contributed by atoms with Gasteiger partial charge >= 0.3 is 0 Å². The van der Waals surface area contributed by atoms with Crippen LogP contribution in [0, 0.1) is 0 Å². The molecule has 0 aliphatic heterocycles. The first-order valence-corrected chi connectivity index (χ1v) is 8.63. The fraction of sp³-hybridized carbons (Fsp3) is 0.150. The van der Waals surface area contributed by atoms with Crippen LogP contribution in [0.3, 0.4) is 0 Å². The zero-order valence-corrected chi connectivity index (χ0v) is 15.1. The smallest absolute Gasteiger partial charge is 0.253 e. The number of likely N-dealkylation sites (N-methyl/N-ethyl adjacent to an activating group) is 1. The zero-order chi connectivity index (χ0) is 18.4. The standard InChI is InChI=1S/C20H19ClN4O/c1-25(13-9-15-6-10-22-11-7-15)20(26)16-8-12-23-19(14-16)24-18-5-3-2-4-17(18)21/h2-8,10-12,14H,9,13H2,1H3,(H,23,24). The normalized spacial score (nSPS) is 10.4. The van der Waals surface area contributed by atoms with Gasteiger partial charge < -0.3 is 10.2 Å². The Kier molecular flexibility index (Phi) is 5.81. The van der Waals surface area contributed by atoms with E-state index < -0.39 is 0 Å². The molecule has 1 N–H and O–H groups in total. The third-order valence-electron chi connectivity index (χ3n) is 3.98. The Labute approximate surface area is 157 Å². The number of anilines is 2. The van der Waals surface area contributed by atoms with Crippen LogP contribution >= 0.6 is 11.6 Å². The van der Waals surface area contributed by atoms with Gasteiger partial charge in [0.25, 0.3) is 5.91 Å². The summed E-state index contributed by atoms with van der Waals surface area (Å²) >= 11 is 6.16. The third-order valence-corrected chi connectivity index (χ3v) is 4.31. The lowest BCUT2D eigenvalue weighted by molar-refractivity contribution is 0.0796. The number of hydrogen-bond donors (Lipinski definition) is 1. The summed E-state index contributed by atoms with van der Waals surface area (Å²) in [5.41, 5.74) is 2.47. The molecule has 0 aliphatic carbocycles. The molecule has 0 aliphatic rings. The SMILES string of the molecule is CN(CCc1ccncc1)C(=O)c1ccnc(Nc2ccccc2Cl)c1. The van der Waals surface area contributed by atoms with Crippen molar-refractivity contribution in [2.24, 2.45) is 0 Å². The second kappa shape index (κ2) is 8.45. The van der Waals surface area contributed by atoms with Gasteiger partial charge in [0.05, 0.1) is 10.7 Å². The molecule has 132 valence electrons. The van der Waals surface area contributed by atoms with Gasteiger partial charge in [-0.2, -0.15) is 0 Å². The van der Waals surface area contributed by atoms with E-state index in [0.29, 0.717) is 22.9 Å². The zero-order valence-electron chi connectivity index (χ0n) is 14.4.